The second kappa shape index (κ2) is 6.57. The number of rotatable bonds is 2. The topological polar surface area (TPSA) is 88.5 Å². The van der Waals surface area contributed by atoms with Gasteiger partial charge in [0.15, 0.2) is 0 Å². The zero-order valence-corrected chi connectivity index (χ0v) is 11.6. The van der Waals surface area contributed by atoms with Gasteiger partial charge in [0.25, 0.3) is 0 Å². The van der Waals surface area contributed by atoms with E-state index >= 15 is 0 Å². The zero-order valence-electron chi connectivity index (χ0n) is 11.6. The van der Waals surface area contributed by atoms with Crippen LogP contribution in [0, 0.1) is 11.8 Å². The summed E-state index contributed by atoms with van der Waals surface area (Å²) in [4.78, 5) is 25.6. The lowest BCUT2D eigenvalue weighted by Gasteiger charge is -2.18. The fourth-order valence-corrected chi connectivity index (χ4v) is 1.17. The average molecular weight is 276 g/mol. The fourth-order valence-electron chi connectivity index (χ4n) is 1.17. The molecule has 0 aromatic carbocycles. The minimum Gasteiger partial charge on any atom is -0.477 e. The SMILES string of the molecule is CC(C)(C)OC(=O)NCC#Cc1ccc(C(=O)O)nc1. The largest absolute Gasteiger partial charge is 0.477 e. The number of amides is 1. The van der Waals surface area contributed by atoms with Crippen LogP contribution >= 0.6 is 0 Å². The summed E-state index contributed by atoms with van der Waals surface area (Å²) < 4.78 is 5.04. The van der Waals surface area contributed by atoms with E-state index < -0.39 is 17.7 Å². The highest BCUT2D eigenvalue weighted by atomic mass is 16.6. The van der Waals surface area contributed by atoms with Crippen LogP contribution in [0.2, 0.25) is 0 Å². The molecule has 0 saturated carbocycles. The minimum absolute atomic E-state index is 0.0394. The van der Waals surface area contributed by atoms with Gasteiger partial charge in [-0.3, -0.25) is 0 Å². The van der Waals surface area contributed by atoms with Gasteiger partial charge in [0.1, 0.15) is 11.3 Å². The summed E-state index contributed by atoms with van der Waals surface area (Å²) >= 11 is 0. The Morgan fingerprint density at radius 1 is 1.40 bits per heavy atom. The van der Waals surface area contributed by atoms with Crippen LogP contribution in [-0.2, 0) is 4.74 Å². The molecule has 0 aliphatic rings. The monoisotopic (exact) mass is 276 g/mol. The summed E-state index contributed by atoms with van der Waals surface area (Å²) in [5.74, 6) is 4.38. The van der Waals surface area contributed by atoms with Gasteiger partial charge in [-0.15, -0.1) is 0 Å². The molecule has 0 bridgehead atoms. The van der Waals surface area contributed by atoms with E-state index in [0.29, 0.717) is 5.56 Å². The summed E-state index contributed by atoms with van der Waals surface area (Å²) in [6.45, 7) is 5.45. The first-order valence-corrected chi connectivity index (χ1v) is 5.93. The number of ether oxygens (including phenoxy) is 1. The normalized spacial score (nSPS) is 10.2. The van der Waals surface area contributed by atoms with Gasteiger partial charge in [-0.25, -0.2) is 14.6 Å². The van der Waals surface area contributed by atoms with Crippen molar-refractivity contribution in [2.75, 3.05) is 6.54 Å². The van der Waals surface area contributed by atoms with E-state index in [-0.39, 0.29) is 12.2 Å². The number of alkyl carbamates (subject to hydrolysis) is 1. The van der Waals surface area contributed by atoms with Crippen LogP contribution in [0.3, 0.4) is 0 Å². The molecule has 1 aromatic heterocycles. The van der Waals surface area contributed by atoms with E-state index in [0.717, 1.165) is 0 Å². The molecule has 0 atom stereocenters. The Kier molecular flexibility index (Phi) is 5.09. The molecule has 1 amide bonds. The Morgan fingerprint density at radius 3 is 2.60 bits per heavy atom. The lowest BCUT2D eigenvalue weighted by atomic mass is 10.2. The molecular weight excluding hydrogens is 260 g/mol. The van der Waals surface area contributed by atoms with Crippen LogP contribution in [0.4, 0.5) is 4.79 Å². The number of pyridine rings is 1. The van der Waals surface area contributed by atoms with Crippen molar-refractivity contribution in [3.63, 3.8) is 0 Å². The van der Waals surface area contributed by atoms with Crippen LogP contribution in [0.5, 0.6) is 0 Å². The Morgan fingerprint density at radius 2 is 2.10 bits per heavy atom. The number of hydrogen-bond acceptors (Lipinski definition) is 4. The quantitative estimate of drug-likeness (QED) is 0.802. The molecule has 6 heteroatoms. The van der Waals surface area contributed by atoms with Crippen LogP contribution in [-0.4, -0.2) is 34.3 Å². The first kappa shape index (κ1) is 15.5. The fraction of sp³-hybridized carbons (Fsp3) is 0.357. The minimum atomic E-state index is -1.09. The first-order valence-electron chi connectivity index (χ1n) is 5.93. The number of nitrogens with one attached hydrogen (secondary N) is 1. The average Bonchev–Trinajstić information content (AvgIpc) is 2.33. The van der Waals surface area contributed by atoms with Gasteiger partial charge in [-0.1, -0.05) is 11.8 Å². The summed E-state index contributed by atoms with van der Waals surface area (Å²) in [7, 11) is 0. The number of carboxylic acids is 1. The maximum absolute atomic E-state index is 11.3. The van der Waals surface area contributed by atoms with E-state index in [9.17, 15) is 9.59 Å². The highest BCUT2D eigenvalue weighted by Gasteiger charge is 2.14. The molecule has 1 rings (SSSR count). The molecule has 0 spiro atoms. The Labute approximate surface area is 117 Å². The molecule has 0 aliphatic heterocycles. The van der Waals surface area contributed by atoms with Crippen LogP contribution in [0.15, 0.2) is 18.3 Å². The summed E-state index contributed by atoms with van der Waals surface area (Å²) in [5, 5.41) is 11.2. The molecule has 20 heavy (non-hydrogen) atoms. The number of aromatic carboxylic acids is 1. The van der Waals surface area contributed by atoms with E-state index in [2.05, 4.69) is 22.1 Å². The predicted octanol–water partition coefficient (Wildman–Crippen LogP) is 1.66. The van der Waals surface area contributed by atoms with Gasteiger partial charge in [0.05, 0.1) is 6.54 Å². The van der Waals surface area contributed by atoms with Crippen molar-refractivity contribution in [3.05, 3.63) is 29.6 Å². The first-order chi connectivity index (χ1) is 9.28. The Hall–Kier alpha value is -2.55. The number of carboxylic acid groups (broad SMARTS) is 1. The molecule has 0 fully saturated rings. The molecule has 2 N–H and O–H groups in total. The van der Waals surface area contributed by atoms with E-state index in [1.807, 2.05) is 0 Å². The smallest absolute Gasteiger partial charge is 0.408 e. The lowest BCUT2D eigenvalue weighted by Crippen LogP contribution is -2.32. The van der Waals surface area contributed by atoms with E-state index in [1.54, 1.807) is 26.8 Å². The van der Waals surface area contributed by atoms with Crippen molar-refractivity contribution < 1.29 is 19.4 Å². The van der Waals surface area contributed by atoms with Crippen molar-refractivity contribution in [1.82, 2.24) is 10.3 Å². The molecule has 0 radical (unpaired) electrons. The van der Waals surface area contributed by atoms with Gasteiger partial charge in [0.2, 0.25) is 0 Å². The molecule has 1 heterocycles. The van der Waals surface area contributed by atoms with Gasteiger partial charge in [-0.05, 0) is 32.9 Å². The third-order valence-electron chi connectivity index (χ3n) is 1.94. The van der Waals surface area contributed by atoms with E-state index in [1.165, 1.54) is 12.3 Å². The highest BCUT2D eigenvalue weighted by molar-refractivity contribution is 5.85. The number of nitrogens with zero attached hydrogens (tertiary/aromatic N) is 1. The molecule has 0 saturated heterocycles. The Bertz CT molecular complexity index is 547. The molecule has 106 valence electrons. The van der Waals surface area contributed by atoms with Crippen molar-refractivity contribution in [2.45, 2.75) is 26.4 Å². The second-order valence-electron chi connectivity index (χ2n) is 4.89. The highest BCUT2D eigenvalue weighted by Crippen LogP contribution is 2.06. The second-order valence-corrected chi connectivity index (χ2v) is 4.89. The number of aromatic nitrogens is 1. The summed E-state index contributed by atoms with van der Waals surface area (Å²) in [6, 6.07) is 2.92. The summed E-state index contributed by atoms with van der Waals surface area (Å²) in [5.41, 5.74) is -0.0166. The Balaban J connectivity index is 2.47. The maximum atomic E-state index is 11.3. The number of carbonyl (C=O) groups is 2. The number of hydrogen-bond donors (Lipinski definition) is 2. The molecular formula is C14H16N2O4. The van der Waals surface area contributed by atoms with Crippen molar-refractivity contribution in [1.29, 1.82) is 0 Å². The molecule has 6 nitrogen and oxygen atoms in total. The van der Waals surface area contributed by atoms with Gasteiger partial charge >= 0.3 is 12.1 Å². The van der Waals surface area contributed by atoms with Crippen molar-refractivity contribution in [3.8, 4) is 11.8 Å². The zero-order chi connectivity index (χ0) is 15.2. The number of carbonyl (C=O) groups excluding carboxylic acids is 1. The van der Waals surface area contributed by atoms with Crippen LogP contribution in [0.25, 0.3) is 0 Å². The van der Waals surface area contributed by atoms with Gasteiger partial charge in [0, 0.05) is 11.8 Å². The van der Waals surface area contributed by atoms with Crippen molar-refractivity contribution >= 4 is 12.1 Å². The van der Waals surface area contributed by atoms with Crippen LogP contribution in [0.1, 0.15) is 36.8 Å². The summed E-state index contributed by atoms with van der Waals surface area (Å²) in [6.07, 6.45) is 0.829. The lowest BCUT2D eigenvalue weighted by molar-refractivity contribution is 0.0534. The standard InChI is InChI=1S/C14H16N2O4/c1-14(2,3)20-13(19)15-8-4-5-10-6-7-11(12(17)18)16-9-10/h6-7,9H,8H2,1-3H3,(H,15,19)(H,17,18). The molecule has 0 unspecified atom stereocenters. The third-order valence-corrected chi connectivity index (χ3v) is 1.94. The maximum Gasteiger partial charge on any atom is 0.408 e. The van der Waals surface area contributed by atoms with Crippen LogP contribution < -0.4 is 5.32 Å². The van der Waals surface area contributed by atoms with Crippen molar-refractivity contribution in [2.24, 2.45) is 0 Å². The predicted molar refractivity (Wildman–Crippen MR) is 72.3 cm³/mol. The molecule has 1 aromatic rings. The van der Waals surface area contributed by atoms with E-state index in [4.69, 9.17) is 9.84 Å². The van der Waals surface area contributed by atoms with Gasteiger partial charge in [-0.2, -0.15) is 0 Å². The molecule has 0 aliphatic carbocycles. The third kappa shape index (κ3) is 5.87. The van der Waals surface area contributed by atoms with Gasteiger partial charge < -0.3 is 15.2 Å².